The Morgan fingerprint density at radius 2 is 2.33 bits per heavy atom. The first-order valence-corrected chi connectivity index (χ1v) is 5.80. The van der Waals surface area contributed by atoms with Crippen LogP contribution in [-0.2, 0) is 9.53 Å². The van der Waals surface area contributed by atoms with Crippen molar-refractivity contribution in [1.82, 2.24) is 4.90 Å². The van der Waals surface area contributed by atoms with Crippen molar-refractivity contribution in [2.45, 2.75) is 45.2 Å². The van der Waals surface area contributed by atoms with Gasteiger partial charge in [0.2, 0.25) is 5.91 Å². The van der Waals surface area contributed by atoms with Gasteiger partial charge in [-0.25, -0.2) is 0 Å². The van der Waals surface area contributed by atoms with E-state index >= 15 is 0 Å². The van der Waals surface area contributed by atoms with Gasteiger partial charge in [0.05, 0.1) is 18.7 Å². The summed E-state index contributed by atoms with van der Waals surface area (Å²) in [5, 5.41) is 0. The molecule has 1 amide bonds. The van der Waals surface area contributed by atoms with E-state index in [9.17, 15) is 4.79 Å². The topological polar surface area (TPSA) is 55.6 Å². The van der Waals surface area contributed by atoms with E-state index in [-0.39, 0.29) is 11.9 Å². The van der Waals surface area contributed by atoms with Gasteiger partial charge < -0.3 is 15.4 Å². The predicted octanol–water partition coefficient (Wildman–Crippen LogP) is 0.751. The number of carbonyl (C=O) groups excluding carboxylic acids is 1. The molecule has 0 aromatic carbocycles. The van der Waals surface area contributed by atoms with Crippen LogP contribution in [0.4, 0.5) is 0 Å². The average molecular weight is 214 g/mol. The second kappa shape index (κ2) is 6.08. The van der Waals surface area contributed by atoms with Crippen molar-refractivity contribution in [1.29, 1.82) is 0 Å². The molecule has 0 aliphatic carbocycles. The molecule has 4 nitrogen and oxygen atoms in total. The Kier molecular flexibility index (Phi) is 5.05. The first-order valence-electron chi connectivity index (χ1n) is 5.80. The van der Waals surface area contributed by atoms with Crippen LogP contribution in [0.3, 0.4) is 0 Å². The standard InChI is InChI=1S/C11H22N2O2/c1-3-15-8-10-6-4-5-7-13(10)11(14)9(2)12/h9-10H,3-8,12H2,1-2H3/t9-,10+/m0/s1. The summed E-state index contributed by atoms with van der Waals surface area (Å²) >= 11 is 0. The van der Waals surface area contributed by atoms with Crippen molar-refractivity contribution in [3.63, 3.8) is 0 Å². The maximum absolute atomic E-state index is 11.8. The molecule has 88 valence electrons. The van der Waals surface area contributed by atoms with Gasteiger partial charge in [0.1, 0.15) is 0 Å². The Hall–Kier alpha value is -0.610. The lowest BCUT2D eigenvalue weighted by atomic mass is 10.0. The van der Waals surface area contributed by atoms with E-state index in [0.717, 1.165) is 19.4 Å². The van der Waals surface area contributed by atoms with Crippen molar-refractivity contribution in [2.24, 2.45) is 5.73 Å². The summed E-state index contributed by atoms with van der Waals surface area (Å²) in [4.78, 5) is 13.7. The number of rotatable bonds is 4. The molecule has 1 aliphatic heterocycles. The molecular weight excluding hydrogens is 192 g/mol. The molecule has 0 unspecified atom stereocenters. The molecule has 1 saturated heterocycles. The largest absolute Gasteiger partial charge is 0.380 e. The number of likely N-dealkylation sites (tertiary alicyclic amines) is 1. The quantitative estimate of drug-likeness (QED) is 0.751. The van der Waals surface area contributed by atoms with Crippen LogP contribution in [0, 0.1) is 0 Å². The zero-order valence-corrected chi connectivity index (χ0v) is 9.74. The highest BCUT2D eigenvalue weighted by Gasteiger charge is 2.28. The van der Waals surface area contributed by atoms with Crippen molar-refractivity contribution >= 4 is 5.91 Å². The predicted molar refractivity (Wildman–Crippen MR) is 59.5 cm³/mol. The molecule has 15 heavy (non-hydrogen) atoms. The Labute approximate surface area is 91.8 Å². The number of nitrogens with two attached hydrogens (primary N) is 1. The average Bonchev–Trinajstić information content (AvgIpc) is 2.25. The number of hydrogen-bond acceptors (Lipinski definition) is 3. The molecule has 0 aromatic rings. The molecule has 2 atom stereocenters. The van der Waals surface area contributed by atoms with Crippen LogP contribution in [0.2, 0.25) is 0 Å². The van der Waals surface area contributed by atoms with Gasteiger partial charge in [0, 0.05) is 13.2 Å². The zero-order valence-electron chi connectivity index (χ0n) is 9.74. The number of piperidine rings is 1. The molecule has 0 saturated carbocycles. The van der Waals surface area contributed by atoms with Gasteiger partial charge in [-0.2, -0.15) is 0 Å². The van der Waals surface area contributed by atoms with Gasteiger partial charge in [-0.05, 0) is 33.1 Å². The van der Waals surface area contributed by atoms with Gasteiger partial charge >= 0.3 is 0 Å². The Morgan fingerprint density at radius 1 is 1.60 bits per heavy atom. The van der Waals surface area contributed by atoms with Crippen LogP contribution < -0.4 is 5.73 Å². The third-order valence-corrected chi connectivity index (χ3v) is 2.81. The van der Waals surface area contributed by atoms with Crippen LogP contribution >= 0.6 is 0 Å². The number of nitrogens with zero attached hydrogens (tertiary/aromatic N) is 1. The van der Waals surface area contributed by atoms with Crippen LogP contribution in [0.25, 0.3) is 0 Å². The van der Waals surface area contributed by atoms with E-state index in [1.165, 1.54) is 6.42 Å². The molecular formula is C11H22N2O2. The van der Waals surface area contributed by atoms with Crippen LogP contribution in [0.5, 0.6) is 0 Å². The lowest BCUT2D eigenvalue weighted by molar-refractivity contribution is -0.137. The minimum Gasteiger partial charge on any atom is -0.380 e. The van der Waals surface area contributed by atoms with Gasteiger partial charge in [-0.15, -0.1) is 0 Å². The summed E-state index contributed by atoms with van der Waals surface area (Å²) in [6, 6.07) is -0.163. The van der Waals surface area contributed by atoms with Crippen LogP contribution in [0.1, 0.15) is 33.1 Å². The molecule has 1 heterocycles. The number of hydrogen-bond donors (Lipinski definition) is 1. The number of ether oxygens (including phenoxy) is 1. The Bertz CT molecular complexity index is 207. The first kappa shape index (κ1) is 12.5. The Morgan fingerprint density at radius 3 is 2.93 bits per heavy atom. The highest BCUT2D eigenvalue weighted by Crippen LogP contribution is 2.18. The lowest BCUT2D eigenvalue weighted by Gasteiger charge is -2.36. The zero-order chi connectivity index (χ0) is 11.3. The molecule has 0 spiro atoms. The summed E-state index contributed by atoms with van der Waals surface area (Å²) in [6.45, 7) is 5.90. The SMILES string of the molecule is CCOC[C@H]1CCCCN1C(=O)[C@H](C)N. The summed E-state index contributed by atoms with van der Waals surface area (Å²) in [5.41, 5.74) is 5.63. The summed E-state index contributed by atoms with van der Waals surface area (Å²) in [7, 11) is 0. The summed E-state index contributed by atoms with van der Waals surface area (Å²) in [6.07, 6.45) is 3.31. The molecule has 0 aromatic heterocycles. The first-order chi connectivity index (χ1) is 7.16. The monoisotopic (exact) mass is 214 g/mol. The normalized spacial score (nSPS) is 23.9. The lowest BCUT2D eigenvalue weighted by Crippen LogP contribution is -2.51. The van der Waals surface area contributed by atoms with Crippen molar-refractivity contribution in [3.05, 3.63) is 0 Å². The smallest absolute Gasteiger partial charge is 0.239 e. The summed E-state index contributed by atoms with van der Waals surface area (Å²) in [5.74, 6) is 0.0550. The van der Waals surface area contributed by atoms with Crippen molar-refractivity contribution in [2.75, 3.05) is 19.8 Å². The second-order valence-corrected chi connectivity index (χ2v) is 4.13. The fourth-order valence-corrected chi connectivity index (χ4v) is 1.98. The number of carbonyl (C=O) groups is 1. The van der Waals surface area contributed by atoms with E-state index in [2.05, 4.69) is 0 Å². The minimum atomic E-state index is -0.396. The molecule has 0 bridgehead atoms. The van der Waals surface area contributed by atoms with Gasteiger partial charge in [0.25, 0.3) is 0 Å². The fourth-order valence-electron chi connectivity index (χ4n) is 1.98. The molecule has 1 fully saturated rings. The van der Waals surface area contributed by atoms with Crippen LogP contribution in [-0.4, -0.2) is 42.6 Å². The molecule has 1 rings (SSSR count). The van der Waals surface area contributed by atoms with E-state index < -0.39 is 6.04 Å². The van der Waals surface area contributed by atoms with E-state index in [0.29, 0.717) is 13.2 Å². The number of amides is 1. The van der Waals surface area contributed by atoms with Gasteiger partial charge in [-0.3, -0.25) is 4.79 Å². The Balaban J connectivity index is 2.53. The van der Waals surface area contributed by atoms with Crippen LogP contribution in [0.15, 0.2) is 0 Å². The summed E-state index contributed by atoms with van der Waals surface area (Å²) < 4.78 is 5.40. The molecule has 2 N–H and O–H groups in total. The third kappa shape index (κ3) is 3.47. The highest BCUT2D eigenvalue weighted by atomic mass is 16.5. The third-order valence-electron chi connectivity index (χ3n) is 2.81. The molecule has 4 heteroatoms. The highest BCUT2D eigenvalue weighted by molar-refractivity contribution is 5.81. The van der Waals surface area contributed by atoms with Gasteiger partial charge in [-0.1, -0.05) is 0 Å². The van der Waals surface area contributed by atoms with Crippen molar-refractivity contribution < 1.29 is 9.53 Å². The van der Waals surface area contributed by atoms with E-state index in [4.69, 9.17) is 10.5 Å². The fraction of sp³-hybridized carbons (Fsp3) is 0.909. The minimum absolute atomic E-state index is 0.0550. The van der Waals surface area contributed by atoms with Crippen molar-refractivity contribution in [3.8, 4) is 0 Å². The maximum Gasteiger partial charge on any atom is 0.239 e. The molecule has 1 aliphatic rings. The molecule has 0 radical (unpaired) electrons. The second-order valence-electron chi connectivity index (χ2n) is 4.13. The maximum atomic E-state index is 11.8. The van der Waals surface area contributed by atoms with E-state index in [1.54, 1.807) is 6.92 Å². The van der Waals surface area contributed by atoms with Gasteiger partial charge in [0.15, 0.2) is 0 Å². The van der Waals surface area contributed by atoms with E-state index in [1.807, 2.05) is 11.8 Å².